The second-order valence-electron chi connectivity index (χ2n) is 34.4. The summed E-state index contributed by atoms with van der Waals surface area (Å²) in [5, 5.41) is 94.9. The van der Waals surface area contributed by atoms with Crippen molar-refractivity contribution in [2.75, 3.05) is 33.0 Å². The van der Waals surface area contributed by atoms with Gasteiger partial charge in [-0.2, -0.15) is 0 Å². The smallest absolute Gasteiger partial charge is 0.263 e. The van der Waals surface area contributed by atoms with Crippen LogP contribution in [-0.2, 0) is 47.9 Å². The van der Waals surface area contributed by atoms with Crippen LogP contribution >= 0.6 is 56.7 Å². The van der Waals surface area contributed by atoms with E-state index in [1.807, 2.05) is 0 Å². The van der Waals surface area contributed by atoms with Crippen molar-refractivity contribution in [2.24, 2.45) is 59.2 Å². The van der Waals surface area contributed by atoms with Crippen molar-refractivity contribution in [1.29, 1.82) is 0 Å². The van der Waals surface area contributed by atoms with E-state index in [1.54, 1.807) is 138 Å². The fraction of sp³-hybridized carbons (Fsp3) is 0.647. The molecule has 20 atom stereocenters. The lowest BCUT2D eigenvalue weighted by molar-refractivity contribution is -0.132. The van der Waals surface area contributed by atoms with Gasteiger partial charge < -0.3 is 105 Å². The highest BCUT2D eigenvalue weighted by atomic mass is 32.1. The number of carbonyl (C=O) groups excluding carboxylic acids is 15. The van der Waals surface area contributed by atoms with Gasteiger partial charge in [0.2, 0.25) is 59.1 Å². The molecule has 0 radical (unpaired) electrons. The van der Waals surface area contributed by atoms with E-state index in [0.29, 0.717) is 32.1 Å². The third-order valence-corrected chi connectivity index (χ3v) is 28.3. The second-order valence-corrected chi connectivity index (χ2v) is 39.7. The zero-order valence-electron chi connectivity index (χ0n) is 77.0. The van der Waals surface area contributed by atoms with Gasteiger partial charge in [-0.3, -0.25) is 71.9 Å². The summed E-state index contributed by atoms with van der Waals surface area (Å²) in [6.45, 7) is 30.2. The minimum atomic E-state index is -1.59. The molecule has 10 bridgehead atoms. The minimum Gasteiger partial charge on any atom is -0.394 e. The number of nitrogens with one attached hydrogen (secondary N) is 15. The molecule has 1 aliphatic rings. The average molecular weight is 1910 g/mol. The summed E-state index contributed by atoms with van der Waals surface area (Å²) in [5.41, 5.74) is 0. The average Bonchev–Trinajstić information content (AvgIpc) is 1.73. The molecule has 720 valence electrons. The molecule has 130 heavy (non-hydrogen) atoms. The summed E-state index contributed by atoms with van der Waals surface area (Å²) < 4.78 is 0. The monoisotopic (exact) mass is 1910 g/mol. The molecule has 5 aromatic heterocycles. The lowest BCUT2D eigenvalue weighted by Crippen LogP contribution is -2.57. The number of thiazole rings is 5. The Morgan fingerprint density at radius 2 is 0.362 bits per heavy atom. The van der Waals surface area contributed by atoms with Crippen molar-refractivity contribution >= 4 is 145 Å². The summed E-state index contributed by atoms with van der Waals surface area (Å²) in [5.74, 6) is -17.2. The maximum Gasteiger partial charge on any atom is 0.263 e. The van der Waals surface area contributed by atoms with Gasteiger partial charge in [-0.1, -0.05) is 171 Å². The number of aromatic nitrogens is 5. The first-order chi connectivity index (χ1) is 61.4. The Morgan fingerprint density at radius 3 is 0.477 bits per heavy atom. The molecular formula is C85H130N20O20S5. The number of aliphatic hydroxyl groups is 5. The molecule has 0 spiro atoms. The van der Waals surface area contributed by atoms with Crippen LogP contribution in [0.15, 0.2) is 31.0 Å². The van der Waals surface area contributed by atoms with Gasteiger partial charge in [0.05, 0.1) is 94.2 Å². The predicted octanol–water partition coefficient (Wildman–Crippen LogP) is 2.96. The number of carbonyl (C=O) groups is 15. The summed E-state index contributed by atoms with van der Waals surface area (Å²) >= 11 is 4.39. The minimum absolute atomic E-state index is 0.000832. The van der Waals surface area contributed by atoms with E-state index in [4.69, 9.17) is 0 Å². The molecule has 45 heteroatoms. The third-order valence-electron chi connectivity index (χ3n) is 22.9. The highest BCUT2D eigenvalue weighted by Gasteiger charge is 2.41. The molecular weight excluding hydrogens is 1780 g/mol. The molecule has 20 N–H and O–H groups in total. The SMILES string of the molecule is CC[C@H](C)[C@@H]1NC(=O)c2cnc(s2)[C@@H](C(C)C)NC(=O)[C@H](CO)NC(=O)[C@H]([C@@H](C)CC)NC(=O)c2cnc(s2)[C@@H](C(C)C)NC(=O)[C@H](CO)NC(=O)[C@H]([C@@H](C)CC)NC(=O)c2cnc(s2)[C@@H](C(C)C)NC(=O)[C@H](CO)NC(=O)[C@H]([C@@H](C)CC)NC(=O)c2cnc(s2)[C@@H](C(C)C)NC(=O)[C@H](CO)NC(=O)[C@H]([C@@H](C)CC)NC(=O)c2cnc(s2)[C@@H](C(C)C)NC(=O)[C@H](CO)NC1=O. The quantitative estimate of drug-likeness (QED) is 0.0532. The maximum atomic E-state index is 14.3. The molecule has 40 nitrogen and oxygen atoms in total. The number of hydrogen-bond donors (Lipinski definition) is 20. The van der Waals surface area contributed by atoms with E-state index in [0.717, 1.165) is 56.7 Å². The van der Waals surface area contributed by atoms with E-state index in [1.165, 1.54) is 31.0 Å². The Labute approximate surface area is 776 Å². The van der Waals surface area contributed by atoms with Gasteiger partial charge in [0, 0.05) is 0 Å². The molecule has 6 heterocycles. The highest BCUT2D eigenvalue weighted by molar-refractivity contribution is 7.15. The van der Waals surface area contributed by atoms with Crippen LogP contribution in [0.25, 0.3) is 0 Å². The van der Waals surface area contributed by atoms with Crippen LogP contribution in [0, 0.1) is 59.2 Å². The molecule has 0 aliphatic carbocycles. The largest absolute Gasteiger partial charge is 0.394 e. The van der Waals surface area contributed by atoms with Gasteiger partial charge in [0.15, 0.2) is 0 Å². The van der Waals surface area contributed by atoms with E-state index >= 15 is 0 Å². The Hall–Kier alpha value is -10.0. The van der Waals surface area contributed by atoms with Crippen molar-refractivity contribution < 1.29 is 97.5 Å². The van der Waals surface area contributed by atoms with Crippen molar-refractivity contribution in [2.45, 2.75) is 261 Å². The molecule has 0 unspecified atom stereocenters. The van der Waals surface area contributed by atoms with Crippen LogP contribution in [0.2, 0.25) is 0 Å². The Kier molecular flexibility index (Phi) is 42.8. The molecule has 0 aromatic carbocycles. The van der Waals surface area contributed by atoms with Gasteiger partial charge in [0.1, 0.15) is 110 Å². The maximum absolute atomic E-state index is 14.3. The predicted molar refractivity (Wildman–Crippen MR) is 488 cm³/mol. The Morgan fingerprint density at radius 1 is 0.223 bits per heavy atom. The lowest BCUT2D eigenvalue weighted by atomic mass is 9.97. The number of nitrogens with zero attached hydrogens (tertiary/aromatic N) is 5. The number of aliphatic hydroxyl groups excluding tert-OH is 5. The van der Waals surface area contributed by atoms with E-state index in [9.17, 15) is 97.5 Å². The lowest BCUT2D eigenvalue weighted by Gasteiger charge is -2.27. The standard InChI is InChI=1S/C85H130N20O20S5/c1-21-41(16)61-76(121)91-46(31-106)66(111)96-57(37(8)9)82-87-27-52(127-82)72(117)102-63(43(18)23-3)78(123)93-48(33-108)68(113)98-59(39(12)13)84-89-29-54(129-84)74(119)104-65(45(20)25-5)80(125)95-50(35-110)70(115)100-60(40(14)15)85-90-30-55(130-85)75(120)105-64(44(19)24-4)79(124)94-49(34-109)69(114)99-58(38(10)11)83-88-28-53(128-83)73(118)103-62(42(17)22-2)77(122)92-47(32-107)67(112)97-56(36(6)7)81-86-26-51(126-81)71(116)101-61/h26-30,36-50,56-65,106-110H,21-25,31-35H2,1-20H3,(H,91,121)(H,92,122)(H,93,123)(H,94,124)(H,95,125)(H,96,111)(H,97,112)(H,98,113)(H,99,114)(H,100,115)(H,101,116)(H,102,117)(H,103,118)(H,104,119)(H,105,120)/t41-,42-,43-,44-,45-,46-,47-,48-,49-,50-,56+,57+,58+,59+,60+,61-,62-,63-,64-,65-/m0/s1. The first-order valence-electron chi connectivity index (χ1n) is 43.8. The summed E-state index contributed by atoms with van der Waals surface area (Å²) in [6.07, 6.45) is 7.90. The van der Waals surface area contributed by atoms with Crippen LogP contribution in [0.1, 0.15) is 274 Å². The molecule has 0 saturated carbocycles. The van der Waals surface area contributed by atoms with Crippen molar-refractivity contribution in [3.05, 3.63) is 80.4 Å². The van der Waals surface area contributed by atoms with Crippen LogP contribution in [-0.4, -0.2) is 233 Å². The van der Waals surface area contributed by atoms with E-state index < -0.39 is 271 Å². The Balaban J connectivity index is 1.31. The molecule has 6 rings (SSSR count). The molecule has 15 amide bonds. The summed E-state index contributed by atoms with van der Waals surface area (Å²) in [4.78, 5) is 236. The first-order valence-corrected chi connectivity index (χ1v) is 47.9. The van der Waals surface area contributed by atoms with Crippen LogP contribution in [0.4, 0.5) is 0 Å². The zero-order valence-corrected chi connectivity index (χ0v) is 81.1. The topological polar surface area (TPSA) is 602 Å². The van der Waals surface area contributed by atoms with Gasteiger partial charge in [-0.15, -0.1) is 56.7 Å². The highest BCUT2D eigenvalue weighted by Crippen LogP contribution is 2.33. The van der Waals surface area contributed by atoms with Gasteiger partial charge in [0.25, 0.3) is 29.5 Å². The van der Waals surface area contributed by atoms with Gasteiger partial charge in [-0.05, 0) is 59.2 Å². The fourth-order valence-electron chi connectivity index (χ4n) is 13.4. The van der Waals surface area contributed by atoms with Crippen molar-refractivity contribution in [1.82, 2.24) is 105 Å². The zero-order chi connectivity index (χ0) is 97.2. The number of rotatable bonds is 20. The summed E-state index contributed by atoms with van der Waals surface area (Å²) in [6, 6.07) is -19.1. The second kappa shape index (κ2) is 51.1. The number of fused-ring (bicyclic) bond motifs is 10. The first kappa shape index (κ1) is 109. The molecule has 0 fully saturated rings. The molecule has 1 aliphatic heterocycles. The Bertz CT molecular complexity index is 4040. The number of amides is 15. The van der Waals surface area contributed by atoms with Gasteiger partial charge >= 0.3 is 0 Å². The van der Waals surface area contributed by atoms with Crippen molar-refractivity contribution in [3.8, 4) is 0 Å². The van der Waals surface area contributed by atoms with Crippen molar-refractivity contribution in [3.63, 3.8) is 0 Å². The van der Waals surface area contributed by atoms with E-state index in [2.05, 4.69) is 105 Å². The summed E-state index contributed by atoms with van der Waals surface area (Å²) in [7, 11) is 0. The van der Waals surface area contributed by atoms with E-state index in [-0.39, 0.29) is 49.4 Å². The van der Waals surface area contributed by atoms with Crippen LogP contribution in [0.3, 0.4) is 0 Å². The molecule has 0 saturated heterocycles. The fourth-order valence-corrected chi connectivity index (χ4v) is 18.6. The van der Waals surface area contributed by atoms with Crippen LogP contribution in [0.5, 0.6) is 0 Å². The molecule has 5 aromatic rings. The number of hydrogen-bond acceptors (Lipinski definition) is 30. The van der Waals surface area contributed by atoms with Gasteiger partial charge in [-0.25, -0.2) is 24.9 Å². The normalized spacial score (nSPS) is 25.6. The third kappa shape index (κ3) is 29.2. The van der Waals surface area contributed by atoms with Crippen LogP contribution < -0.4 is 79.8 Å².